The van der Waals surface area contributed by atoms with E-state index in [0.29, 0.717) is 0 Å². The van der Waals surface area contributed by atoms with E-state index in [1.54, 1.807) is 0 Å². The number of hydrogen-bond acceptors (Lipinski definition) is 6. The third kappa shape index (κ3) is 3.92. The van der Waals surface area contributed by atoms with E-state index in [9.17, 15) is 0 Å². The lowest BCUT2D eigenvalue weighted by atomic mass is 9.96. The number of fused-ring (bicyclic) bond motifs is 1. The van der Waals surface area contributed by atoms with Crippen molar-refractivity contribution in [3.63, 3.8) is 0 Å². The lowest BCUT2D eigenvalue weighted by Gasteiger charge is -2.35. The van der Waals surface area contributed by atoms with Crippen LogP contribution in [0.25, 0.3) is 0 Å². The van der Waals surface area contributed by atoms with Gasteiger partial charge in [0.05, 0.1) is 6.04 Å². The van der Waals surface area contributed by atoms with Gasteiger partial charge in [-0.1, -0.05) is 73.2 Å². The van der Waals surface area contributed by atoms with Crippen LogP contribution < -0.4 is 9.47 Å². The van der Waals surface area contributed by atoms with Gasteiger partial charge in [0, 0.05) is 0 Å². The number of nitrogens with zero attached hydrogens (tertiary/aromatic N) is 5. The molecular weight excluding hydrogens is 426 g/mol. The summed E-state index contributed by atoms with van der Waals surface area (Å²) in [4.78, 5) is 2.50. The summed E-state index contributed by atoms with van der Waals surface area (Å²) < 4.78 is 13.3. The molecule has 1 atom stereocenters. The van der Waals surface area contributed by atoms with Crippen LogP contribution >= 0.6 is 0 Å². The Morgan fingerprint density at radius 3 is 2.06 bits per heavy atom. The fourth-order valence-electron chi connectivity index (χ4n) is 5.09. The largest absolute Gasteiger partial charge is 0.454 e. The maximum atomic E-state index is 5.71. The highest BCUT2D eigenvalue weighted by Crippen LogP contribution is 2.39. The summed E-state index contributed by atoms with van der Waals surface area (Å²) in [6, 6.07) is 26.9. The van der Waals surface area contributed by atoms with Crippen molar-refractivity contribution in [2.24, 2.45) is 0 Å². The number of aromatic nitrogens is 4. The highest BCUT2D eigenvalue weighted by atomic mass is 16.7. The number of benzene rings is 3. The van der Waals surface area contributed by atoms with Crippen molar-refractivity contribution in [1.82, 2.24) is 25.1 Å². The summed E-state index contributed by atoms with van der Waals surface area (Å²) >= 11 is 0. The van der Waals surface area contributed by atoms with E-state index in [1.807, 2.05) is 22.9 Å². The Hall–Kier alpha value is -3.71. The molecule has 3 aromatic carbocycles. The summed E-state index contributed by atoms with van der Waals surface area (Å²) in [7, 11) is 0. The molecule has 0 bridgehead atoms. The Labute approximate surface area is 198 Å². The smallest absolute Gasteiger partial charge is 0.231 e. The quantitative estimate of drug-likeness (QED) is 0.425. The van der Waals surface area contributed by atoms with Gasteiger partial charge in [-0.2, -0.15) is 0 Å². The highest BCUT2D eigenvalue weighted by Gasteiger charge is 2.33. The molecular formula is C27H27N5O2. The van der Waals surface area contributed by atoms with Gasteiger partial charge >= 0.3 is 0 Å². The van der Waals surface area contributed by atoms with Crippen LogP contribution in [0.15, 0.2) is 78.9 Å². The average Bonchev–Trinajstić information content (AvgIpc) is 3.56. The fraction of sp³-hybridized carbons (Fsp3) is 0.296. The standard InChI is InChI=1S/C27H27N5O2/c1-4-10-20(11-5-1)25(21-12-6-2-7-13-21)32-27(28-29-30-32)26(31-16-8-3-9-17-31)22-14-15-23-24(18-22)34-19-33-23/h1-2,4-7,10-15,18,25-26H,3,8-9,16-17,19H2/t26-/m0/s1. The molecule has 4 aromatic rings. The van der Waals surface area contributed by atoms with Crippen LogP contribution in [-0.4, -0.2) is 45.0 Å². The molecule has 1 fully saturated rings. The first kappa shape index (κ1) is 20.9. The molecule has 7 nitrogen and oxygen atoms in total. The molecule has 0 aliphatic carbocycles. The Morgan fingerprint density at radius 2 is 1.35 bits per heavy atom. The number of piperidine rings is 1. The predicted octanol–water partition coefficient (Wildman–Crippen LogP) is 4.61. The van der Waals surface area contributed by atoms with Gasteiger partial charge in [-0.15, -0.1) is 5.10 Å². The summed E-state index contributed by atoms with van der Waals surface area (Å²) in [6.45, 7) is 2.27. The van der Waals surface area contributed by atoms with Crippen LogP contribution in [0.2, 0.25) is 0 Å². The van der Waals surface area contributed by atoms with Crippen molar-refractivity contribution in [3.8, 4) is 11.5 Å². The minimum absolute atomic E-state index is 0.0836. The van der Waals surface area contributed by atoms with E-state index in [0.717, 1.165) is 47.1 Å². The highest BCUT2D eigenvalue weighted by molar-refractivity contribution is 5.46. The molecule has 2 aliphatic rings. The van der Waals surface area contributed by atoms with Gasteiger partial charge in [0.1, 0.15) is 6.04 Å². The third-order valence-electron chi connectivity index (χ3n) is 6.71. The zero-order valence-corrected chi connectivity index (χ0v) is 19.0. The zero-order chi connectivity index (χ0) is 22.7. The lowest BCUT2D eigenvalue weighted by Crippen LogP contribution is -2.36. The van der Waals surface area contributed by atoms with E-state index in [1.165, 1.54) is 19.3 Å². The Morgan fingerprint density at radius 1 is 0.676 bits per heavy atom. The van der Waals surface area contributed by atoms with Crippen molar-refractivity contribution >= 4 is 0 Å². The minimum Gasteiger partial charge on any atom is -0.454 e. The SMILES string of the molecule is c1ccc(C(c2ccccc2)n2nnnc2[C@H](c2ccc3c(c2)OCO3)N2CCCCC2)cc1. The molecule has 1 saturated heterocycles. The Kier molecular flexibility index (Phi) is 5.69. The molecule has 1 aromatic heterocycles. The normalized spacial score (nSPS) is 16.6. The van der Waals surface area contributed by atoms with Crippen LogP contribution in [0.1, 0.15) is 53.9 Å². The molecule has 0 saturated carbocycles. The monoisotopic (exact) mass is 453 g/mol. The second-order valence-electron chi connectivity index (χ2n) is 8.82. The van der Waals surface area contributed by atoms with Crippen molar-refractivity contribution in [2.75, 3.05) is 19.9 Å². The molecule has 0 radical (unpaired) electrons. The average molecular weight is 454 g/mol. The first-order valence-electron chi connectivity index (χ1n) is 11.9. The molecule has 7 heteroatoms. The third-order valence-corrected chi connectivity index (χ3v) is 6.71. The van der Waals surface area contributed by atoms with Crippen molar-refractivity contribution < 1.29 is 9.47 Å². The molecule has 0 amide bonds. The summed E-state index contributed by atoms with van der Waals surface area (Å²) in [6.07, 6.45) is 3.60. The van der Waals surface area contributed by atoms with Crippen LogP contribution in [0, 0.1) is 0 Å². The lowest BCUT2D eigenvalue weighted by molar-refractivity contribution is 0.172. The number of likely N-dealkylation sites (tertiary alicyclic amines) is 1. The Balaban J connectivity index is 1.49. The van der Waals surface area contributed by atoms with E-state index < -0.39 is 0 Å². The van der Waals surface area contributed by atoms with Gasteiger partial charge in [0.25, 0.3) is 0 Å². The molecule has 0 spiro atoms. The fourth-order valence-corrected chi connectivity index (χ4v) is 5.09. The van der Waals surface area contributed by atoms with Crippen LogP contribution in [0.3, 0.4) is 0 Å². The summed E-state index contributed by atoms with van der Waals surface area (Å²) in [5.74, 6) is 2.40. The van der Waals surface area contributed by atoms with Gasteiger partial charge in [-0.3, -0.25) is 4.90 Å². The van der Waals surface area contributed by atoms with Gasteiger partial charge < -0.3 is 9.47 Å². The second-order valence-corrected chi connectivity index (χ2v) is 8.82. The maximum Gasteiger partial charge on any atom is 0.231 e. The molecule has 0 unspecified atom stereocenters. The van der Waals surface area contributed by atoms with Crippen LogP contribution in [0.5, 0.6) is 11.5 Å². The summed E-state index contributed by atoms with van der Waals surface area (Å²) in [5.41, 5.74) is 3.40. The molecule has 34 heavy (non-hydrogen) atoms. The molecule has 6 rings (SSSR count). The number of hydrogen-bond donors (Lipinski definition) is 0. The second kappa shape index (κ2) is 9.27. The summed E-state index contributed by atoms with van der Waals surface area (Å²) in [5, 5.41) is 13.4. The maximum absolute atomic E-state index is 5.71. The van der Waals surface area contributed by atoms with Crippen molar-refractivity contribution in [3.05, 3.63) is 101 Å². The van der Waals surface area contributed by atoms with E-state index >= 15 is 0 Å². The first-order valence-corrected chi connectivity index (χ1v) is 11.9. The van der Waals surface area contributed by atoms with E-state index in [-0.39, 0.29) is 18.9 Å². The van der Waals surface area contributed by atoms with Gasteiger partial charge in [0.2, 0.25) is 6.79 Å². The Bertz CT molecular complexity index is 1200. The predicted molar refractivity (Wildman–Crippen MR) is 128 cm³/mol. The van der Waals surface area contributed by atoms with Crippen molar-refractivity contribution in [1.29, 1.82) is 0 Å². The van der Waals surface area contributed by atoms with Gasteiger partial charge in [-0.25, -0.2) is 4.68 Å². The molecule has 0 N–H and O–H groups in total. The topological polar surface area (TPSA) is 65.3 Å². The first-order chi connectivity index (χ1) is 16.9. The molecule has 172 valence electrons. The van der Waals surface area contributed by atoms with Crippen molar-refractivity contribution in [2.45, 2.75) is 31.3 Å². The number of tetrazole rings is 1. The zero-order valence-electron chi connectivity index (χ0n) is 19.0. The van der Waals surface area contributed by atoms with Gasteiger partial charge in [0.15, 0.2) is 17.3 Å². The molecule has 2 aliphatic heterocycles. The number of ether oxygens (including phenoxy) is 2. The molecule has 3 heterocycles. The van der Waals surface area contributed by atoms with Crippen LogP contribution in [-0.2, 0) is 0 Å². The van der Waals surface area contributed by atoms with Gasteiger partial charge in [-0.05, 0) is 65.2 Å². The van der Waals surface area contributed by atoms with Crippen LogP contribution in [0.4, 0.5) is 0 Å². The van der Waals surface area contributed by atoms with E-state index in [2.05, 4.69) is 81.1 Å². The minimum atomic E-state index is -0.131. The van der Waals surface area contributed by atoms with E-state index in [4.69, 9.17) is 9.47 Å². The number of rotatable bonds is 6.